The number of allylic oxidation sites excluding steroid dienone is 2. The standard InChI is InChI=1S/C53H59N3O5/c1-36(12-13-37-8-3-2-4-9-37)22-28-53(26-5-6-27-53)29-23-42(57)18-14-38-16-21-49(59)51(33-38)61-31-25-39-15-20-48(58)46(32-39)45-35-50(60)44-24-30-56-47(44)11-7-10-40-34-41(52(54)55)17-19-43(40)45/h2-4,8-9,15-17,19-21,23-24,29-30,32-34,36,45,52,56,58-59H,5-6,11-14,18,22,25-28,31,35,54-55H2,1H3/b29-23+/t36-,45-/m1/s1. The molecule has 1 fully saturated rings. The number of aromatic nitrogens is 1. The average Bonchev–Trinajstić information content (AvgIpc) is 3.95. The smallest absolute Gasteiger partial charge is 0.165 e. The van der Waals surface area contributed by atoms with Gasteiger partial charge in [0.2, 0.25) is 0 Å². The van der Waals surface area contributed by atoms with E-state index in [0.717, 1.165) is 53.6 Å². The molecule has 5 aromatic rings. The Bertz CT molecular complexity index is 2400. The van der Waals surface area contributed by atoms with Gasteiger partial charge in [-0.1, -0.05) is 98.3 Å². The van der Waals surface area contributed by atoms with Gasteiger partial charge in [-0.25, -0.2) is 0 Å². The molecule has 8 nitrogen and oxygen atoms in total. The molecule has 0 radical (unpaired) electrons. The van der Waals surface area contributed by atoms with Crippen molar-refractivity contribution < 1.29 is 24.5 Å². The predicted octanol–water partition coefficient (Wildman–Crippen LogP) is 9.94. The number of phenols is 2. The van der Waals surface area contributed by atoms with Crippen molar-refractivity contribution in [2.75, 3.05) is 6.61 Å². The second-order valence-electron chi connectivity index (χ2n) is 17.2. The molecule has 7 N–H and O–H groups in total. The molecule has 2 atom stereocenters. The third-order valence-corrected chi connectivity index (χ3v) is 12.8. The van der Waals surface area contributed by atoms with Gasteiger partial charge in [-0.3, -0.25) is 9.59 Å². The van der Waals surface area contributed by atoms with Crippen molar-refractivity contribution in [1.29, 1.82) is 0 Å². The van der Waals surface area contributed by atoms with Crippen LogP contribution in [0.4, 0.5) is 0 Å². The summed E-state index contributed by atoms with van der Waals surface area (Å²) in [6.07, 6.45) is 16.3. The Hall–Kier alpha value is -5.88. The minimum Gasteiger partial charge on any atom is -0.508 e. The largest absolute Gasteiger partial charge is 0.508 e. The highest BCUT2D eigenvalue weighted by Gasteiger charge is 2.31. The molecular formula is C53H59N3O5. The third-order valence-electron chi connectivity index (χ3n) is 12.8. The van der Waals surface area contributed by atoms with E-state index >= 15 is 0 Å². The van der Waals surface area contributed by atoms with Crippen LogP contribution < -0.4 is 16.2 Å². The van der Waals surface area contributed by atoms with Crippen molar-refractivity contribution in [2.24, 2.45) is 22.8 Å². The molecule has 316 valence electrons. The number of H-pyrrole nitrogens is 1. The van der Waals surface area contributed by atoms with Crippen LogP contribution in [0.5, 0.6) is 17.2 Å². The van der Waals surface area contributed by atoms with Crippen LogP contribution in [-0.2, 0) is 30.5 Å². The van der Waals surface area contributed by atoms with Gasteiger partial charge in [0, 0.05) is 53.8 Å². The van der Waals surface area contributed by atoms with Crippen LogP contribution in [0, 0.1) is 23.2 Å². The first-order valence-electron chi connectivity index (χ1n) is 21.9. The second-order valence-corrected chi connectivity index (χ2v) is 17.2. The molecular weight excluding hydrogens is 759 g/mol. The lowest BCUT2D eigenvalue weighted by molar-refractivity contribution is -0.114. The SMILES string of the molecule is C[C@H](CCc1ccccc1)CCC1(/C=C/C(=O)CCc2ccc(O)c(OCCc3ccc(O)c([C@@H]4CC(=O)c5cc[nH]c5CC#Cc5cc(C(N)N)ccc54)c3)c2)CCCC1. The molecule has 0 amide bonds. The Labute approximate surface area is 360 Å². The number of carbonyl (C=O) groups excluding carboxylic acids is 2. The molecule has 0 aliphatic heterocycles. The fraction of sp³-hybridized carbons (Fsp3) is 0.358. The van der Waals surface area contributed by atoms with E-state index < -0.39 is 12.1 Å². The molecule has 8 heteroatoms. The number of aromatic hydroxyl groups is 2. The lowest BCUT2D eigenvalue weighted by atomic mass is 9.78. The zero-order valence-electron chi connectivity index (χ0n) is 35.3. The molecule has 2 aliphatic rings. The number of hydrogen-bond donors (Lipinski definition) is 5. The number of ether oxygens (including phenoxy) is 1. The normalized spacial score (nSPS) is 16.5. The highest BCUT2D eigenvalue weighted by molar-refractivity contribution is 5.98. The zero-order chi connectivity index (χ0) is 42.8. The van der Waals surface area contributed by atoms with E-state index in [4.69, 9.17) is 16.2 Å². The number of rotatable bonds is 17. The topological polar surface area (TPSA) is 152 Å². The summed E-state index contributed by atoms with van der Waals surface area (Å²) >= 11 is 0. The first-order valence-corrected chi connectivity index (χ1v) is 21.9. The Morgan fingerprint density at radius 2 is 1.66 bits per heavy atom. The van der Waals surface area contributed by atoms with Gasteiger partial charge in [0.25, 0.3) is 0 Å². The van der Waals surface area contributed by atoms with Crippen molar-refractivity contribution >= 4 is 11.6 Å². The summed E-state index contributed by atoms with van der Waals surface area (Å²) in [5.74, 6) is 7.14. The molecule has 1 saturated carbocycles. The van der Waals surface area contributed by atoms with E-state index in [1.165, 1.54) is 31.2 Å². The number of phenolic OH excluding ortho intramolecular Hbond substituents is 2. The van der Waals surface area contributed by atoms with E-state index in [2.05, 4.69) is 60.2 Å². The number of ketones is 2. The molecule has 4 aromatic carbocycles. The van der Waals surface area contributed by atoms with Gasteiger partial charge in [-0.05, 0) is 121 Å². The van der Waals surface area contributed by atoms with Gasteiger partial charge in [0.15, 0.2) is 23.1 Å². The Morgan fingerprint density at radius 3 is 2.44 bits per heavy atom. The summed E-state index contributed by atoms with van der Waals surface area (Å²) in [7, 11) is 0. The minimum atomic E-state index is -0.687. The lowest BCUT2D eigenvalue weighted by Gasteiger charge is -2.27. The molecule has 0 unspecified atom stereocenters. The fourth-order valence-electron chi connectivity index (χ4n) is 9.00. The molecule has 2 aliphatic carbocycles. The Morgan fingerprint density at radius 1 is 0.885 bits per heavy atom. The van der Waals surface area contributed by atoms with E-state index in [1.54, 1.807) is 24.4 Å². The maximum Gasteiger partial charge on any atom is 0.165 e. The number of carbonyl (C=O) groups is 2. The molecule has 61 heavy (non-hydrogen) atoms. The van der Waals surface area contributed by atoms with E-state index in [-0.39, 0.29) is 41.5 Å². The summed E-state index contributed by atoms with van der Waals surface area (Å²) in [5.41, 5.74) is 19.6. The summed E-state index contributed by atoms with van der Waals surface area (Å²) < 4.78 is 6.12. The van der Waals surface area contributed by atoms with Crippen LogP contribution in [0.25, 0.3) is 0 Å². The number of fused-ring (bicyclic) bond motifs is 2. The highest BCUT2D eigenvalue weighted by Crippen LogP contribution is 2.44. The Balaban J connectivity index is 0.969. The van der Waals surface area contributed by atoms with Crippen molar-refractivity contribution in [1.82, 2.24) is 4.98 Å². The summed E-state index contributed by atoms with van der Waals surface area (Å²) in [6, 6.07) is 28.8. The highest BCUT2D eigenvalue weighted by atomic mass is 16.5. The number of hydrogen-bond acceptors (Lipinski definition) is 7. The number of aryl methyl sites for hydroxylation is 2. The van der Waals surface area contributed by atoms with E-state index in [0.29, 0.717) is 54.0 Å². The number of nitrogens with two attached hydrogens (primary N) is 2. The van der Waals surface area contributed by atoms with Crippen molar-refractivity contribution in [2.45, 2.75) is 102 Å². The summed E-state index contributed by atoms with van der Waals surface area (Å²) in [5, 5.41) is 22.0. The molecule has 1 aromatic heterocycles. The number of nitrogens with one attached hydrogen (secondary N) is 1. The van der Waals surface area contributed by atoms with Gasteiger partial charge >= 0.3 is 0 Å². The van der Waals surface area contributed by atoms with Gasteiger partial charge in [0.05, 0.1) is 19.2 Å². The fourth-order valence-corrected chi connectivity index (χ4v) is 9.00. The minimum absolute atomic E-state index is 0.0287. The Kier molecular flexibility index (Phi) is 14.3. The number of Topliss-reactive ketones (excluding diaryl/α,β-unsaturated/α-hetero) is 1. The van der Waals surface area contributed by atoms with Crippen LogP contribution in [0.3, 0.4) is 0 Å². The van der Waals surface area contributed by atoms with Crippen molar-refractivity contribution in [3.05, 3.63) is 160 Å². The first kappa shape index (κ1) is 43.2. The van der Waals surface area contributed by atoms with Gasteiger partial charge in [-0.2, -0.15) is 0 Å². The average molecular weight is 818 g/mol. The molecule has 0 bridgehead atoms. The van der Waals surface area contributed by atoms with E-state index in [9.17, 15) is 19.8 Å². The van der Waals surface area contributed by atoms with Crippen molar-refractivity contribution in [3.63, 3.8) is 0 Å². The monoisotopic (exact) mass is 817 g/mol. The number of benzene rings is 4. The van der Waals surface area contributed by atoms with Crippen LogP contribution in [0.15, 0.2) is 109 Å². The van der Waals surface area contributed by atoms with Crippen LogP contribution in [0.1, 0.15) is 132 Å². The van der Waals surface area contributed by atoms with Gasteiger partial charge < -0.3 is 31.4 Å². The van der Waals surface area contributed by atoms with Crippen LogP contribution >= 0.6 is 0 Å². The third kappa shape index (κ3) is 11.3. The van der Waals surface area contributed by atoms with Crippen LogP contribution in [0.2, 0.25) is 0 Å². The summed E-state index contributed by atoms with van der Waals surface area (Å²) in [6.45, 7) is 2.61. The quantitative estimate of drug-likeness (QED) is 0.0356. The first-order chi connectivity index (χ1) is 29.6. The summed E-state index contributed by atoms with van der Waals surface area (Å²) in [4.78, 5) is 30.1. The van der Waals surface area contributed by atoms with Gasteiger partial charge in [-0.15, -0.1) is 0 Å². The predicted molar refractivity (Wildman–Crippen MR) is 242 cm³/mol. The van der Waals surface area contributed by atoms with Crippen molar-refractivity contribution in [3.8, 4) is 29.1 Å². The molecule has 0 spiro atoms. The van der Waals surface area contributed by atoms with Gasteiger partial charge in [0.1, 0.15) is 5.75 Å². The molecule has 1 heterocycles. The maximum atomic E-state index is 13.8. The zero-order valence-corrected chi connectivity index (χ0v) is 35.3. The van der Waals surface area contributed by atoms with Crippen LogP contribution in [-0.4, -0.2) is 33.4 Å². The molecule has 7 rings (SSSR count). The number of aromatic amines is 1. The second kappa shape index (κ2) is 20.1. The molecule has 0 saturated heterocycles. The van der Waals surface area contributed by atoms with E-state index in [1.807, 2.05) is 48.5 Å². The lowest BCUT2D eigenvalue weighted by Crippen LogP contribution is -2.20. The maximum absolute atomic E-state index is 13.8.